The first kappa shape index (κ1) is 9.76. The van der Waals surface area contributed by atoms with Crippen molar-refractivity contribution in [3.8, 4) is 0 Å². The van der Waals surface area contributed by atoms with Crippen molar-refractivity contribution >= 4 is 11.6 Å². The number of hydrogen-bond acceptors (Lipinski definition) is 2. The lowest BCUT2D eigenvalue weighted by atomic mass is 9.80. The van der Waals surface area contributed by atoms with Crippen molar-refractivity contribution in [2.75, 3.05) is 0 Å². The summed E-state index contributed by atoms with van der Waals surface area (Å²) >= 11 is 0. The summed E-state index contributed by atoms with van der Waals surface area (Å²) in [6.45, 7) is 0. The second-order valence-corrected chi connectivity index (χ2v) is 4.77. The second-order valence-electron chi connectivity index (χ2n) is 4.77. The molecule has 0 atom stereocenters. The smallest absolute Gasteiger partial charge is 0.137 e. The summed E-state index contributed by atoms with van der Waals surface area (Å²) in [4.78, 5) is 22.8. The Balaban J connectivity index is 2.09. The van der Waals surface area contributed by atoms with Crippen LogP contribution in [0.3, 0.4) is 0 Å². The lowest BCUT2D eigenvalue weighted by Gasteiger charge is -2.24. The van der Waals surface area contributed by atoms with Crippen molar-refractivity contribution in [1.82, 2.24) is 0 Å². The number of fused-ring (bicyclic) bond motifs is 3. The van der Waals surface area contributed by atoms with Crippen molar-refractivity contribution in [2.45, 2.75) is 38.5 Å². The van der Waals surface area contributed by atoms with Gasteiger partial charge >= 0.3 is 0 Å². The van der Waals surface area contributed by atoms with Crippen molar-refractivity contribution < 1.29 is 9.59 Å². The Morgan fingerprint density at radius 2 is 1.12 bits per heavy atom. The third-order valence-corrected chi connectivity index (χ3v) is 3.71. The molecule has 0 fully saturated rings. The van der Waals surface area contributed by atoms with Gasteiger partial charge in [0.15, 0.2) is 0 Å². The van der Waals surface area contributed by atoms with Crippen LogP contribution in [-0.4, -0.2) is 11.6 Å². The molecule has 1 aromatic carbocycles. The molecular weight excluding hydrogens is 200 g/mol. The van der Waals surface area contributed by atoms with Crippen LogP contribution in [0.5, 0.6) is 0 Å². The lowest BCUT2D eigenvalue weighted by molar-refractivity contribution is -0.119. The first-order valence-electron chi connectivity index (χ1n) is 5.90. The van der Waals surface area contributed by atoms with Gasteiger partial charge in [0.2, 0.25) is 0 Å². The van der Waals surface area contributed by atoms with Crippen LogP contribution in [0.2, 0.25) is 0 Å². The monoisotopic (exact) mass is 214 g/mol. The molecule has 1 aromatic rings. The van der Waals surface area contributed by atoms with Gasteiger partial charge in [-0.25, -0.2) is 0 Å². The molecule has 0 radical (unpaired) electrons. The molecule has 3 rings (SSSR count). The minimum Gasteiger partial charge on any atom is -0.299 e. The minimum absolute atomic E-state index is 0.347. The Kier molecular flexibility index (Phi) is 2.16. The number of ketones is 2. The van der Waals surface area contributed by atoms with E-state index in [1.165, 1.54) is 22.3 Å². The molecular formula is C14H14O2. The van der Waals surface area contributed by atoms with Crippen LogP contribution in [0.4, 0.5) is 0 Å². The van der Waals surface area contributed by atoms with Gasteiger partial charge in [-0.15, -0.1) is 0 Å². The highest BCUT2D eigenvalue weighted by Gasteiger charge is 2.23. The van der Waals surface area contributed by atoms with Gasteiger partial charge in [0.1, 0.15) is 11.6 Å². The van der Waals surface area contributed by atoms with Gasteiger partial charge in [0.25, 0.3) is 0 Å². The second kappa shape index (κ2) is 3.55. The van der Waals surface area contributed by atoms with Crippen molar-refractivity contribution in [3.63, 3.8) is 0 Å². The largest absolute Gasteiger partial charge is 0.299 e. The highest BCUT2D eigenvalue weighted by Crippen LogP contribution is 2.29. The topological polar surface area (TPSA) is 34.1 Å². The van der Waals surface area contributed by atoms with Crippen LogP contribution in [0, 0.1) is 0 Å². The van der Waals surface area contributed by atoms with Crippen LogP contribution >= 0.6 is 0 Å². The van der Waals surface area contributed by atoms with E-state index in [4.69, 9.17) is 0 Å². The zero-order chi connectivity index (χ0) is 11.1. The summed E-state index contributed by atoms with van der Waals surface area (Å²) in [7, 11) is 0. The molecule has 0 saturated heterocycles. The highest BCUT2D eigenvalue weighted by atomic mass is 16.1. The van der Waals surface area contributed by atoms with Gasteiger partial charge < -0.3 is 0 Å². The fourth-order valence-electron chi connectivity index (χ4n) is 2.87. The van der Waals surface area contributed by atoms with Gasteiger partial charge in [-0.3, -0.25) is 9.59 Å². The number of hydrogen-bond donors (Lipinski definition) is 0. The SMILES string of the molecule is O=C1CCc2c(ccc3c2CCC(=O)C3)C1. The third kappa shape index (κ3) is 1.49. The van der Waals surface area contributed by atoms with Gasteiger partial charge in [-0.05, 0) is 35.1 Å². The van der Waals surface area contributed by atoms with E-state index >= 15 is 0 Å². The van der Waals surface area contributed by atoms with Crippen LogP contribution in [-0.2, 0) is 35.3 Å². The van der Waals surface area contributed by atoms with E-state index in [1.54, 1.807) is 0 Å². The molecule has 16 heavy (non-hydrogen) atoms. The van der Waals surface area contributed by atoms with E-state index in [2.05, 4.69) is 0 Å². The normalized spacial score (nSPS) is 19.2. The van der Waals surface area contributed by atoms with Crippen molar-refractivity contribution in [1.29, 1.82) is 0 Å². The number of rotatable bonds is 0. The Labute approximate surface area is 94.7 Å². The molecule has 2 aliphatic carbocycles. The standard InChI is InChI=1S/C14H14O2/c15-11-3-5-13-9(7-11)1-2-10-8-12(16)4-6-14(10)13/h1-2H,3-8H2. The van der Waals surface area contributed by atoms with E-state index in [-0.39, 0.29) is 0 Å². The molecule has 2 aliphatic rings. The van der Waals surface area contributed by atoms with Gasteiger partial charge in [-0.1, -0.05) is 12.1 Å². The van der Waals surface area contributed by atoms with Crippen LogP contribution in [0.1, 0.15) is 35.1 Å². The zero-order valence-electron chi connectivity index (χ0n) is 9.21. The molecule has 0 spiro atoms. The molecule has 2 heteroatoms. The van der Waals surface area contributed by atoms with Crippen LogP contribution < -0.4 is 0 Å². The maximum absolute atomic E-state index is 11.4. The molecule has 0 aromatic heterocycles. The van der Waals surface area contributed by atoms with E-state index in [0.717, 1.165) is 12.8 Å². The molecule has 0 heterocycles. The first-order chi connectivity index (χ1) is 7.74. The highest BCUT2D eigenvalue weighted by molar-refractivity contribution is 5.86. The number of Topliss-reactive ketones (excluding diaryl/α,β-unsaturated/α-hetero) is 2. The number of carbonyl (C=O) groups is 2. The summed E-state index contributed by atoms with van der Waals surface area (Å²) in [5.41, 5.74) is 5.13. The maximum atomic E-state index is 11.4. The summed E-state index contributed by atoms with van der Waals surface area (Å²) in [6.07, 6.45) is 4.30. The Hall–Kier alpha value is -1.44. The van der Waals surface area contributed by atoms with Gasteiger partial charge in [-0.2, -0.15) is 0 Å². The fraction of sp³-hybridized carbons (Fsp3) is 0.429. The Morgan fingerprint density at radius 3 is 1.56 bits per heavy atom. The van der Waals surface area contributed by atoms with Crippen molar-refractivity contribution in [3.05, 3.63) is 34.4 Å². The summed E-state index contributed by atoms with van der Waals surface area (Å²) in [6, 6.07) is 4.09. The van der Waals surface area contributed by atoms with E-state index in [0.29, 0.717) is 37.2 Å². The fourth-order valence-corrected chi connectivity index (χ4v) is 2.87. The van der Waals surface area contributed by atoms with E-state index in [9.17, 15) is 9.59 Å². The zero-order valence-corrected chi connectivity index (χ0v) is 9.21. The minimum atomic E-state index is 0.347. The number of carbonyl (C=O) groups excluding carboxylic acids is 2. The number of benzene rings is 1. The van der Waals surface area contributed by atoms with Crippen molar-refractivity contribution in [2.24, 2.45) is 0 Å². The maximum Gasteiger partial charge on any atom is 0.137 e. The van der Waals surface area contributed by atoms with E-state index in [1.807, 2.05) is 12.1 Å². The average molecular weight is 214 g/mol. The summed E-state index contributed by atoms with van der Waals surface area (Å²) < 4.78 is 0. The molecule has 0 N–H and O–H groups in total. The first-order valence-corrected chi connectivity index (χ1v) is 5.90. The quantitative estimate of drug-likeness (QED) is 0.660. The Bertz CT molecular complexity index is 441. The lowest BCUT2D eigenvalue weighted by Crippen LogP contribution is -2.20. The summed E-state index contributed by atoms with van der Waals surface area (Å²) in [5.74, 6) is 0.693. The molecule has 0 unspecified atom stereocenters. The van der Waals surface area contributed by atoms with E-state index < -0.39 is 0 Å². The van der Waals surface area contributed by atoms with Gasteiger partial charge in [0, 0.05) is 25.7 Å². The molecule has 2 nitrogen and oxygen atoms in total. The van der Waals surface area contributed by atoms with Crippen LogP contribution in [0.25, 0.3) is 0 Å². The van der Waals surface area contributed by atoms with Gasteiger partial charge in [0.05, 0.1) is 0 Å². The molecule has 0 aliphatic heterocycles. The molecule has 0 amide bonds. The molecule has 0 bridgehead atoms. The third-order valence-electron chi connectivity index (χ3n) is 3.71. The predicted molar refractivity (Wildman–Crippen MR) is 60.5 cm³/mol. The van der Waals surface area contributed by atoms with Crippen LogP contribution in [0.15, 0.2) is 12.1 Å². The predicted octanol–water partition coefficient (Wildman–Crippen LogP) is 1.80. The Morgan fingerprint density at radius 1 is 0.688 bits per heavy atom. The summed E-state index contributed by atoms with van der Waals surface area (Å²) in [5, 5.41) is 0. The molecule has 82 valence electrons. The average Bonchev–Trinajstić information content (AvgIpc) is 2.28. The molecule has 0 saturated carbocycles.